The Morgan fingerprint density at radius 3 is 2.75 bits per heavy atom. The number of aliphatic hydroxyl groups excluding tert-OH is 1. The van der Waals surface area contributed by atoms with Crippen LogP contribution in [0.5, 0.6) is 0 Å². The molecule has 3 unspecified atom stereocenters. The van der Waals surface area contributed by atoms with Crippen molar-refractivity contribution < 1.29 is 9.84 Å². The molecule has 4 heteroatoms. The van der Waals surface area contributed by atoms with Gasteiger partial charge in [0.05, 0.1) is 11.7 Å². The van der Waals surface area contributed by atoms with E-state index < -0.39 is 6.23 Å². The monoisotopic (exact) mass is 341 g/mol. The molecule has 1 aromatic carbocycles. The van der Waals surface area contributed by atoms with E-state index in [4.69, 9.17) is 4.74 Å². The molecular formula is C16H24BrNO2. The minimum absolute atomic E-state index is 0.208. The number of fused-ring (bicyclic) bond motifs is 1. The summed E-state index contributed by atoms with van der Waals surface area (Å²) >= 11 is 3.50. The molecular weight excluding hydrogens is 318 g/mol. The van der Waals surface area contributed by atoms with Crippen LogP contribution in [0.3, 0.4) is 0 Å². The minimum Gasteiger partial charge on any atom is -0.376 e. The normalized spacial score (nSPS) is 21.6. The highest BCUT2D eigenvalue weighted by molar-refractivity contribution is 9.10. The van der Waals surface area contributed by atoms with Gasteiger partial charge in [0, 0.05) is 10.5 Å². The minimum atomic E-state index is -0.658. The Labute approximate surface area is 129 Å². The summed E-state index contributed by atoms with van der Waals surface area (Å²) in [5, 5.41) is 13.6. The summed E-state index contributed by atoms with van der Waals surface area (Å²) in [6, 6.07) is 6.56. The average molecular weight is 342 g/mol. The van der Waals surface area contributed by atoms with Crippen molar-refractivity contribution in [1.82, 2.24) is 5.32 Å². The van der Waals surface area contributed by atoms with E-state index in [0.29, 0.717) is 0 Å². The largest absolute Gasteiger partial charge is 0.376 e. The van der Waals surface area contributed by atoms with Gasteiger partial charge in [-0.2, -0.15) is 0 Å². The van der Waals surface area contributed by atoms with Crippen molar-refractivity contribution in [2.45, 2.75) is 64.5 Å². The summed E-state index contributed by atoms with van der Waals surface area (Å²) in [5.74, 6) is 0. The van der Waals surface area contributed by atoms with Gasteiger partial charge in [0.2, 0.25) is 0 Å². The number of hydrogen-bond donors (Lipinski definition) is 2. The summed E-state index contributed by atoms with van der Waals surface area (Å²) in [5.41, 5.74) is 2.39. The molecule has 1 aromatic rings. The highest BCUT2D eigenvalue weighted by atomic mass is 79.9. The van der Waals surface area contributed by atoms with Gasteiger partial charge in [0.1, 0.15) is 6.23 Å². The van der Waals surface area contributed by atoms with E-state index in [0.717, 1.165) is 17.3 Å². The maximum atomic E-state index is 10.3. The molecule has 0 aliphatic heterocycles. The molecule has 1 aliphatic rings. The molecule has 2 N–H and O–H groups in total. The van der Waals surface area contributed by atoms with Crippen LogP contribution >= 0.6 is 15.9 Å². The average Bonchev–Trinajstić information content (AvgIpc) is 2.69. The van der Waals surface area contributed by atoms with Crippen molar-refractivity contribution in [3.8, 4) is 0 Å². The van der Waals surface area contributed by atoms with Crippen LogP contribution in [-0.2, 0) is 11.2 Å². The maximum Gasteiger partial charge on any atom is 0.131 e. The molecule has 0 fully saturated rings. The van der Waals surface area contributed by atoms with Crippen LogP contribution in [0, 0.1) is 0 Å². The van der Waals surface area contributed by atoms with Gasteiger partial charge in [-0.25, -0.2) is 0 Å². The Bertz CT molecular complexity index is 470. The molecule has 112 valence electrons. The molecule has 0 spiro atoms. The molecule has 1 aliphatic carbocycles. The van der Waals surface area contributed by atoms with E-state index >= 15 is 0 Å². The van der Waals surface area contributed by atoms with Crippen molar-refractivity contribution in [2.75, 3.05) is 0 Å². The molecule has 0 saturated carbocycles. The van der Waals surface area contributed by atoms with Gasteiger partial charge in [-0.3, -0.25) is 5.32 Å². The van der Waals surface area contributed by atoms with Crippen LogP contribution in [0.15, 0.2) is 22.7 Å². The van der Waals surface area contributed by atoms with Crippen molar-refractivity contribution in [3.05, 3.63) is 33.8 Å². The highest BCUT2D eigenvalue weighted by Crippen LogP contribution is 2.33. The van der Waals surface area contributed by atoms with Gasteiger partial charge in [-0.15, -0.1) is 0 Å². The summed E-state index contributed by atoms with van der Waals surface area (Å²) in [4.78, 5) is 0. The fourth-order valence-electron chi connectivity index (χ4n) is 2.72. The molecule has 0 bridgehead atoms. The Hall–Kier alpha value is -0.420. The molecule has 0 saturated heterocycles. The van der Waals surface area contributed by atoms with Crippen LogP contribution < -0.4 is 5.32 Å². The van der Waals surface area contributed by atoms with Gasteiger partial charge in [0.25, 0.3) is 0 Å². The second kappa shape index (κ2) is 6.14. The number of rotatable bonds is 4. The van der Waals surface area contributed by atoms with Crippen LogP contribution in [0.1, 0.15) is 51.3 Å². The second-order valence-corrected chi connectivity index (χ2v) is 7.40. The van der Waals surface area contributed by atoms with E-state index in [9.17, 15) is 5.11 Å². The number of nitrogens with one attached hydrogen (secondary N) is 1. The molecule has 3 atom stereocenters. The van der Waals surface area contributed by atoms with E-state index in [2.05, 4.69) is 39.4 Å². The number of halogens is 1. The quantitative estimate of drug-likeness (QED) is 0.823. The smallest absolute Gasteiger partial charge is 0.131 e. The number of ether oxygens (including phenoxy) is 1. The van der Waals surface area contributed by atoms with E-state index in [1.807, 2.05) is 27.7 Å². The third-order valence-electron chi connectivity index (χ3n) is 3.54. The van der Waals surface area contributed by atoms with E-state index in [-0.39, 0.29) is 17.7 Å². The molecule has 3 nitrogen and oxygen atoms in total. The second-order valence-electron chi connectivity index (χ2n) is 6.48. The molecule has 20 heavy (non-hydrogen) atoms. The lowest BCUT2D eigenvalue weighted by Gasteiger charge is -2.30. The first-order chi connectivity index (χ1) is 9.26. The van der Waals surface area contributed by atoms with Gasteiger partial charge in [-0.05, 0) is 63.8 Å². The van der Waals surface area contributed by atoms with E-state index in [1.54, 1.807) is 0 Å². The van der Waals surface area contributed by atoms with Gasteiger partial charge < -0.3 is 9.84 Å². The van der Waals surface area contributed by atoms with Crippen molar-refractivity contribution in [2.24, 2.45) is 0 Å². The number of aryl methyl sites for hydroxylation is 1. The van der Waals surface area contributed by atoms with Crippen LogP contribution in [-0.4, -0.2) is 23.0 Å². The first-order valence-electron chi connectivity index (χ1n) is 7.16. The zero-order chi connectivity index (χ0) is 14.9. The summed E-state index contributed by atoms with van der Waals surface area (Å²) in [6.45, 7) is 7.90. The fourth-order valence-corrected chi connectivity index (χ4v) is 3.13. The molecule has 0 radical (unpaired) electrons. The Kier molecular flexibility index (Phi) is 4.90. The Morgan fingerprint density at radius 2 is 2.10 bits per heavy atom. The third-order valence-corrected chi connectivity index (χ3v) is 4.03. The lowest BCUT2D eigenvalue weighted by Crippen LogP contribution is -2.44. The standard InChI is InChI=1S/C16H24BrNO2/c1-10(20-16(2,3)4)15(19)18-14-8-5-11-9-12(17)6-7-13(11)14/h6-7,9-10,14-15,18-19H,5,8H2,1-4H3. The maximum absolute atomic E-state index is 10.3. The first kappa shape index (κ1) is 16.0. The predicted octanol–water partition coefficient (Wildman–Crippen LogP) is 3.55. The Balaban J connectivity index is 1.99. The third kappa shape index (κ3) is 4.04. The summed E-state index contributed by atoms with van der Waals surface area (Å²) < 4.78 is 6.91. The first-order valence-corrected chi connectivity index (χ1v) is 7.96. The number of aliphatic hydroxyl groups is 1. The van der Waals surface area contributed by atoms with E-state index in [1.165, 1.54) is 11.1 Å². The summed E-state index contributed by atoms with van der Waals surface area (Å²) in [6.07, 6.45) is 1.17. The fraction of sp³-hybridized carbons (Fsp3) is 0.625. The molecule has 0 aromatic heterocycles. The summed E-state index contributed by atoms with van der Waals surface area (Å²) in [7, 11) is 0. The molecule has 2 rings (SSSR count). The highest BCUT2D eigenvalue weighted by Gasteiger charge is 2.28. The zero-order valence-corrected chi connectivity index (χ0v) is 14.2. The lowest BCUT2D eigenvalue weighted by molar-refractivity contribution is -0.113. The Morgan fingerprint density at radius 1 is 1.40 bits per heavy atom. The van der Waals surface area contributed by atoms with Gasteiger partial charge in [-0.1, -0.05) is 22.0 Å². The van der Waals surface area contributed by atoms with Crippen molar-refractivity contribution >= 4 is 15.9 Å². The van der Waals surface area contributed by atoms with Crippen molar-refractivity contribution in [1.29, 1.82) is 0 Å². The van der Waals surface area contributed by atoms with Crippen LogP contribution in [0.2, 0.25) is 0 Å². The number of hydrogen-bond acceptors (Lipinski definition) is 3. The van der Waals surface area contributed by atoms with Gasteiger partial charge in [0.15, 0.2) is 0 Å². The number of benzene rings is 1. The molecule has 0 heterocycles. The lowest BCUT2D eigenvalue weighted by atomic mass is 10.1. The molecule has 0 amide bonds. The predicted molar refractivity (Wildman–Crippen MR) is 84.6 cm³/mol. The van der Waals surface area contributed by atoms with Gasteiger partial charge >= 0.3 is 0 Å². The topological polar surface area (TPSA) is 41.5 Å². The van der Waals surface area contributed by atoms with Crippen molar-refractivity contribution in [3.63, 3.8) is 0 Å². The van der Waals surface area contributed by atoms with Crippen LogP contribution in [0.4, 0.5) is 0 Å². The van der Waals surface area contributed by atoms with Crippen LogP contribution in [0.25, 0.3) is 0 Å². The zero-order valence-electron chi connectivity index (χ0n) is 12.6. The SMILES string of the molecule is CC(OC(C)(C)C)C(O)NC1CCc2cc(Br)ccc21.